The number of benzene rings is 1. The number of amides is 2. The van der Waals surface area contributed by atoms with Gasteiger partial charge >= 0.3 is 0 Å². The maximum atomic E-state index is 12.2. The summed E-state index contributed by atoms with van der Waals surface area (Å²) in [5, 5.41) is 0. The minimum atomic E-state index is -0.255. The zero-order valence-corrected chi connectivity index (χ0v) is 12.4. The predicted octanol–water partition coefficient (Wildman–Crippen LogP) is 1.22. The minimum absolute atomic E-state index is 0.0839. The van der Waals surface area contributed by atoms with E-state index < -0.39 is 0 Å². The van der Waals surface area contributed by atoms with Crippen molar-refractivity contribution in [1.29, 1.82) is 0 Å². The van der Waals surface area contributed by atoms with Crippen molar-refractivity contribution < 1.29 is 9.59 Å². The van der Waals surface area contributed by atoms with Crippen LogP contribution in [0.1, 0.15) is 25.1 Å². The first-order valence-electron chi connectivity index (χ1n) is 7.64. The number of rotatable bonds is 4. The fraction of sp³-hybridized carbons (Fsp3) is 0.438. The molecule has 1 aromatic heterocycles. The van der Waals surface area contributed by atoms with Crippen LogP contribution in [-0.4, -0.2) is 39.8 Å². The molecule has 1 aliphatic heterocycles. The maximum Gasteiger partial charge on any atom is 0.223 e. The lowest BCUT2D eigenvalue weighted by Gasteiger charge is -2.30. The van der Waals surface area contributed by atoms with Gasteiger partial charge in [0.25, 0.3) is 0 Å². The third kappa shape index (κ3) is 3.10. The van der Waals surface area contributed by atoms with E-state index in [9.17, 15) is 9.59 Å². The highest BCUT2D eigenvalue weighted by atomic mass is 16.2. The van der Waals surface area contributed by atoms with E-state index in [2.05, 4.69) is 9.97 Å². The average molecular weight is 300 g/mol. The molecular formula is C16H20N4O2. The Hall–Kier alpha value is -2.37. The van der Waals surface area contributed by atoms with Crippen molar-refractivity contribution in [2.75, 3.05) is 13.1 Å². The largest absolute Gasteiger partial charge is 0.369 e. The number of fused-ring (bicyclic) bond motifs is 1. The van der Waals surface area contributed by atoms with Crippen molar-refractivity contribution in [3.8, 4) is 0 Å². The quantitative estimate of drug-likeness (QED) is 0.889. The summed E-state index contributed by atoms with van der Waals surface area (Å²) in [6.45, 7) is 1.24. The van der Waals surface area contributed by atoms with Crippen molar-refractivity contribution in [1.82, 2.24) is 14.9 Å². The van der Waals surface area contributed by atoms with Crippen LogP contribution in [0.5, 0.6) is 0 Å². The summed E-state index contributed by atoms with van der Waals surface area (Å²) in [6, 6.07) is 7.83. The molecule has 2 aromatic rings. The number of nitrogens with zero attached hydrogens (tertiary/aromatic N) is 2. The van der Waals surface area contributed by atoms with Gasteiger partial charge in [-0.05, 0) is 25.0 Å². The average Bonchev–Trinajstić information content (AvgIpc) is 2.95. The van der Waals surface area contributed by atoms with E-state index in [1.165, 1.54) is 0 Å². The molecule has 1 fully saturated rings. The lowest BCUT2D eigenvalue weighted by atomic mass is 9.96. The fourth-order valence-corrected chi connectivity index (χ4v) is 2.92. The lowest BCUT2D eigenvalue weighted by molar-refractivity contribution is -0.134. The van der Waals surface area contributed by atoms with Crippen LogP contribution in [0.25, 0.3) is 11.0 Å². The van der Waals surface area contributed by atoms with E-state index in [1.807, 2.05) is 29.2 Å². The number of para-hydroxylation sites is 2. The zero-order chi connectivity index (χ0) is 15.5. The van der Waals surface area contributed by atoms with Crippen LogP contribution in [-0.2, 0) is 16.0 Å². The molecule has 1 aromatic carbocycles. The summed E-state index contributed by atoms with van der Waals surface area (Å²) in [7, 11) is 0. The SMILES string of the molecule is NC(=O)C1CCN(C(=O)CCc2nc3ccccc3[nH]2)CC1. The van der Waals surface area contributed by atoms with Gasteiger partial charge in [-0.25, -0.2) is 4.98 Å². The third-order valence-electron chi connectivity index (χ3n) is 4.26. The van der Waals surface area contributed by atoms with Crippen LogP contribution in [0.3, 0.4) is 0 Å². The van der Waals surface area contributed by atoms with Crippen LogP contribution >= 0.6 is 0 Å². The highest BCUT2D eigenvalue weighted by molar-refractivity contribution is 5.79. The van der Waals surface area contributed by atoms with Crippen LogP contribution < -0.4 is 5.73 Å². The fourth-order valence-electron chi connectivity index (χ4n) is 2.92. The van der Waals surface area contributed by atoms with E-state index in [0.29, 0.717) is 38.8 Å². The van der Waals surface area contributed by atoms with E-state index >= 15 is 0 Å². The van der Waals surface area contributed by atoms with Gasteiger partial charge in [0.2, 0.25) is 11.8 Å². The molecule has 6 nitrogen and oxygen atoms in total. The van der Waals surface area contributed by atoms with Gasteiger partial charge in [0.1, 0.15) is 5.82 Å². The first-order valence-corrected chi connectivity index (χ1v) is 7.64. The monoisotopic (exact) mass is 300 g/mol. The molecule has 0 spiro atoms. The molecule has 0 atom stereocenters. The molecule has 2 amide bonds. The number of aromatic amines is 1. The number of aromatic nitrogens is 2. The first kappa shape index (κ1) is 14.6. The Kier molecular flexibility index (Phi) is 4.09. The zero-order valence-electron chi connectivity index (χ0n) is 12.4. The molecule has 6 heteroatoms. The van der Waals surface area contributed by atoms with Crippen LogP contribution in [0.4, 0.5) is 0 Å². The molecule has 0 unspecified atom stereocenters. The molecule has 0 radical (unpaired) electrons. The number of hydrogen-bond donors (Lipinski definition) is 2. The number of carbonyl (C=O) groups excluding carboxylic acids is 2. The van der Waals surface area contributed by atoms with Crippen molar-refractivity contribution in [2.24, 2.45) is 11.7 Å². The summed E-state index contributed by atoms with van der Waals surface area (Å²) in [5.74, 6) is 0.610. The van der Waals surface area contributed by atoms with E-state index in [0.717, 1.165) is 16.9 Å². The van der Waals surface area contributed by atoms with Gasteiger partial charge in [-0.15, -0.1) is 0 Å². The lowest BCUT2D eigenvalue weighted by Crippen LogP contribution is -2.41. The minimum Gasteiger partial charge on any atom is -0.369 e. The molecule has 2 heterocycles. The highest BCUT2D eigenvalue weighted by Crippen LogP contribution is 2.18. The van der Waals surface area contributed by atoms with Gasteiger partial charge in [0.15, 0.2) is 0 Å². The molecule has 0 bridgehead atoms. The second-order valence-electron chi connectivity index (χ2n) is 5.76. The van der Waals surface area contributed by atoms with Crippen molar-refractivity contribution in [3.63, 3.8) is 0 Å². The maximum absolute atomic E-state index is 12.2. The number of likely N-dealkylation sites (tertiary alicyclic amines) is 1. The van der Waals surface area contributed by atoms with Gasteiger partial charge in [0.05, 0.1) is 11.0 Å². The van der Waals surface area contributed by atoms with Crippen LogP contribution in [0.2, 0.25) is 0 Å². The predicted molar refractivity (Wildman–Crippen MR) is 82.9 cm³/mol. The smallest absolute Gasteiger partial charge is 0.223 e. The summed E-state index contributed by atoms with van der Waals surface area (Å²) >= 11 is 0. The molecule has 3 N–H and O–H groups in total. The third-order valence-corrected chi connectivity index (χ3v) is 4.26. The number of aryl methyl sites for hydroxylation is 1. The molecule has 116 valence electrons. The summed E-state index contributed by atoms with van der Waals surface area (Å²) in [4.78, 5) is 32.9. The Labute approximate surface area is 128 Å². The number of H-pyrrole nitrogens is 1. The number of nitrogens with one attached hydrogen (secondary N) is 1. The van der Waals surface area contributed by atoms with E-state index in [1.54, 1.807) is 0 Å². The number of carbonyl (C=O) groups is 2. The number of imidazole rings is 1. The Bertz CT molecular complexity index is 653. The van der Waals surface area contributed by atoms with Crippen LogP contribution in [0, 0.1) is 5.92 Å². The second kappa shape index (κ2) is 6.17. The highest BCUT2D eigenvalue weighted by Gasteiger charge is 2.25. The van der Waals surface area contributed by atoms with E-state index in [4.69, 9.17) is 5.73 Å². The summed E-state index contributed by atoms with van der Waals surface area (Å²) in [5.41, 5.74) is 7.22. The number of hydrogen-bond acceptors (Lipinski definition) is 3. The summed E-state index contributed by atoms with van der Waals surface area (Å²) in [6.07, 6.45) is 2.38. The van der Waals surface area contributed by atoms with Gasteiger partial charge in [-0.2, -0.15) is 0 Å². The van der Waals surface area contributed by atoms with Gasteiger partial charge < -0.3 is 15.6 Å². The Morgan fingerprint density at radius 2 is 2.00 bits per heavy atom. The standard InChI is InChI=1S/C16H20N4O2/c17-16(22)11-7-9-20(10-8-11)15(21)6-5-14-18-12-3-1-2-4-13(12)19-14/h1-4,11H,5-10H2,(H2,17,22)(H,18,19). The Balaban J connectivity index is 1.53. The molecule has 0 saturated carbocycles. The molecular weight excluding hydrogens is 280 g/mol. The second-order valence-corrected chi connectivity index (χ2v) is 5.76. The number of nitrogens with two attached hydrogens (primary N) is 1. The normalized spacial score (nSPS) is 16.1. The van der Waals surface area contributed by atoms with Gasteiger partial charge in [-0.1, -0.05) is 12.1 Å². The number of piperidine rings is 1. The van der Waals surface area contributed by atoms with Crippen molar-refractivity contribution in [3.05, 3.63) is 30.1 Å². The Morgan fingerprint density at radius 3 is 2.68 bits per heavy atom. The summed E-state index contributed by atoms with van der Waals surface area (Å²) < 4.78 is 0. The van der Waals surface area contributed by atoms with Gasteiger partial charge in [0, 0.05) is 31.8 Å². The number of primary amides is 1. The molecule has 1 aliphatic rings. The van der Waals surface area contributed by atoms with Crippen molar-refractivity contribution in [2.45, 2.75) is 25.7 Å². The van der Waals surface area contributed by atoms with Gasteiger partial charge in [-0.3, -0.25) is 9.59 Å². The van der Waals surface area contributed by atoms with Crippen LogP contribution in [0.15, 0.2) is 24.3 Å². The molecule has 1 saturated heterocycles. The Morgan fingerprint density at radius 1 is 1.27 bits per heavy atom. The topological polar surface area (TPSA) is 92.1 Å². The molecule has 0 aliphatic carbocycles. The molecule has 22 heavy (non-hydrogen) atoms. The van der Waals surface area contributed by atoms with E-state index in [-0.39, 0.29) is 17.7 Å². The molecule has 3 rings (SSSR count). The first-order chi connectivity index (χ1) is 10.6. The van der Waals surface area contributed by atoms with Crippen molar-refractivity contribution >= 4 is 22.8 Å².